The van der Waals surface area contributed by atoms with Crippen molar-refractivity contribution in [2.45, 2.75) is 58.7 Å². The lowest BCUT2D eigenvalue weighted by Crippen LogP contribution is -2.56. The molecule has 1 rings (SSSR count). The molecule has 31 heavy (non-hydrogen) atoms. The van der Waals surface area contributed by atoms with Crippen LogP contribution in [0.1, 0.15) is 39.7 Å². The molecule has 0 saturated carbocycles. The Hall–Kier alpha value is -2.39. The van der Waals surface area contributed by atoms with Crippen molar-refractivity contribution in [1.82, 2.24) is 16.0 Å². The number of amides is 3. The summed E-state index contributed by atoms with van der Waals surface area (Å²) < 4.78 is 0. The number of thioether (sulfide) groups is 1. The monoisotopic (exact) mass is 450 g/mol. The Balaban J connectivity index is 2.79. The van der Waals surface area contributed by atoms with Crippen LogP contribution >= 0.6 is 11.8 Å². The van der Waals surface area contributed by atoms with Crippen LogP contribution in [0.4, 0.5) is 0 Å². The van der Waals surface area contributed by atoms with Crippen molar-refractivity contribution >= 4 is 34.6 Å². The summed E-state index contributed by atoms with van der Waals surface area (Å²) in [4.78, 5) is 49.2. The topological polar surface area (TPSA) is 130 Å². The molecule has 0 aliphatic carbocycles. The second-order valence-corrected chi connectivity index (χ2v) is 9.06. The molecule has 0 spiro atoms. The fourth-order valence-electron chi connectivity index (χ4n) is 2.86. The number of hydrogen-bond acceptors (Lipinski definition) is 6. The first-order valence-corrected chi connectivity index (χ1v) is 11.5. The zero-order valence-corrected chi connectivity index (χ0v) is 19.5. The number of carbonyl (C=O) groups excluding carboxylic acids is 4. The average Bonchev–Trinajstić information content (AvgIpc) is 2.71. The molecule has 1 aromatic rings. The van der Waals surface area contributed by atoms with Crippen molar-refractivity contribution in [3.05, 3.63) is 35.9 Å². The Labute approximate surface area is 188 Å². The van der Waals surface area contributed by atoms with Gasteiger partial charge < -0.3 is 21.7 Å². The molecule has 0 unspecified atom stereocenters. The molecular formula is C22H34N4O4S. The third-order valence-electron chi connectivity index (χ3n) is 4.44. The molecule has 5 N–H and O–H groups in total. The van der Waals surface area contributed by atoms with Crippen LogP contribution in [-0.4, -0.2) is 53.3 Å². The molecule has 0 aromatic heterocycles. The quantitative estimate of drug-likeness (QED) is 0.376. The molecule has 3 amide bonds. The first-order chi connectivity index (χ1) is 14.6. The highest BCUT2D eigenvalue weighted by molar-refractivity contribution is 8.13. The molecule has 0 bridgehead atoms. The Morgan fingerprint density at radius 1 is 0.968 bits per heavy atom. The summed E-state index contributed by atoms with van der Waals surface area (Å²) in [6, 6.07) is 6.78. The van der Waals surface area contributed by atoms with Gasteiger partial charge in [0, 0.05) is 6.42 Å². The summed E-state index contributed by atoms with van der Waals surface area (Å²) in [6.07, 6.45) is 0.751. The molecule has 1 aromatic carbocycles. The van der Waals surface area contributed by atoms with Gasteiger partial charge in [-0.25, -0.2) is 0 Å². The van der Waals surface area contributed by atoms with Crippen LogP contribution in [0.5, 0.6) is 0 Å². The van der Waals surface area contributed by atoms with Crippen LogP contribution in [0, 0.1) is 5.92 Å². The first kappa shape index (κ1) is 26.6. The van der Waals surface area contributed by atoms with E-state index in [9.17, 15) is 19.2 Å². The van der Waals surface area contributed by atoms with E-state index >= 15 is 0 Å². The smallest absolute Gasteiger partial charge is 0.243 e. The highest BCUT2D eigenvalue weighted by Gasteiger charge is 2.27. The minimum atomic E-state index is -0.888. The van der Waals surface area contributed by atoms with E-state index in [1.807, 2.05) is 51.1 Å². The van der Waals surface area contributed by atoms with Crippen molar-refractivity contribution in [3.63, 3.8) is 0 Å². The molecule has 0 radical (unpaired) electrons. The summed E-state index contributed by atoms with van der Waals surface area (Å²) >= 11 is 1.12. The van der Waals surface area contributed by atoms with Gasteiger partial charge in [0.1, 0.15) is 12.1 Å². The third-order valence-corrected chi connectivity index (χ3v) is 5.20. The maximum Gasteiger partial charge on any atom is 0.243 e. The third kappa shape index (κ3) is 10.5. The molecule has 9 heteroatoms. The Morgan fingerprint density at radius 3 is 2.19 bits per heavy atom. The number of benzene rings is 1. The summed E-state index contributed by atoms with van der Waals surface area (Å²) in [5.41, 5.74) is 6.82. The average molecular weight is 451 g/mol. The maximum absolute atomic E-state index is 12.9. The van der Waals surface area contributed by atoms with Gasteiger partial charge in [-0.05, 0) is 30.6 Å². The minimum absolute atomic E-state index is 0.105. The Bertz CT molecular complexity index is 742. The second kappa shape index (κ2) is 13.8. The zero-order valence-electron chi connectivity index (χ0n) is 18.6. The fraction of sp³-hybridized carbons (Fsp3) is 0.545. The lowest BCUT2D eigenvalue weighted by atomic mass is 10.0. The van der Waals surface area contributed by atoms with Gasteiger partial charge in [0.05, 0.1) is 12.6 Å². The standard InChI is InChI=1S/C22H34N4O4S/c1-5-31-19(27)13-24-20(28)15(4)25-22(30)18(12-16-9-7-6-8-10-16)26-21(29)17(23)11-14(2)3/h6-10,14-15,17-18H,5,11-13,23H2,1-4H3,(H,24,28)(H,25,30)(H,26,29)/t15-,17-,18-/m0/s1. The van der Waals surface area contributed by atoms with E-state index in [1.54, 1.807) is 0 Å². The number of hydrogen-bond donors (Lipinski definition) is 4. The fourth-order valence-corrected chi connectivity index (χ4v) is 3.35. The molecular weight excluding hydrogens is 416 g/mol. The minimum Gasteiger partial charge on any atom is -0.346 e. The van der Waals surface area contributed by atoms with Gasteiger partial charge in [0.2, 0.25) is 22.8 Å². The number of carbonyl (C=O) groups is 4. The van der Waals surface area contributed by atoms with E-state index in [4.69, 9.17) is 5.73 Å². The zero-order chi connectivity index (χ0) is 23.4. The predicted octanol–water partition coefficient (Wildman–Crippen LogP) is 0.988. The first-order valence-electron chi connectivity index (χ1n) is 10.5. The van der Waals surface area contributed by atoms with Crippen LogP contribution in [0.3, 0.4) is 0 Å². The van der Waals surface area contributed by atoms with Gasteiger partial charge in [0.15, 0.2) is 0 Å². The van der Waals surface area contributed by atoms with E-state index in [-0.39, 0.29) is 24.0 Å². The molecule has 172 valence electrons. The van der Waals surface area contributed by atoms with Gasteiger partial charge in [-0.1, -0.05) is 62.9 Å². The molecule has 0 aliphatic heterocycles. The van der Waals surface area contributed by atoms with Crippen LogP contribution in [0.2, 0.25) is 0 Å². The van der Waals surface area contributed by atoms with E-state index in [1.165, 1.54) is 6.92 Å². The molecule has 3 atom stereocenters. The lowest BCUT2D eigenvalue weighted by Gasteiger charge is -2.23. The number of nitrogens with one attached hydrogen (secondary N) is 3. The predicted molar refractivity (Wildman–Crippen MR) is 123 cm³/mol. The largest absolute Gasteiger partial charge is 0.346 e. The van der Waals surface area contributed by atoms with Crippen LogP contribution in [0.25, 0.3) is 0 Å². The Morgan fingerprint density at radius 2 is 1.61 bits per heavy atom. The van der Waals surface area contributed by atoms with E-state index < -0.39 is 35.8 Å². The van der Waals surface area contributed by atoms with E-state index in [0.29, 0.717) is 12.2 Å². The highest BCUT2D eigenvalue weighted by atomic mass is 32.2. The normalized spacial score (nSPS) is 13.7. The van der Waals surface area contributed by atoms with E-state index in [2.05, 4.69) is 16.0 Å². The van der Waals surface area contributed by atoms with Gasteiger partial charge in [-0.2, -0.15) is 0 Å². The number of rotatable bonds is 12. The van der Waals surface area contributed by atoms with Crippen molar-refractivity contribution in [2.75, 3.05) is 12.3 Å². The molecule has 0 aliphatic rings. The van der Waals surface area contributed by atoms with Crippen molar-refractivity contribution < 1.29 is 19.2 Å². The van der Waals surface area contributed by atoms with Gasteiger partial charge in [-0.15, -0.1) is 0 Å². The molecule has 0 saturated heterocycles. The molecule has 8 nitrogen and oxygen atoms in total. The number of nitrogens with two attached hydrogens (primary N) is 1. The van der Waals surface area contributed by atoms with Crippen LogP contribution < -0.4 is 21.7 Å². The van der Waals surface area contributed by atoms with Crippen LogP contribution in [0.15, 0.2) is 30.3 Å². The molecule has 0 fully saturated rings. The SMILES string of the molecule is CCSC(=O)CNC(=O)[C@H](C)NC(=O)[C@H](Cc1ccccc1)NC(=O)[C@@H](N)CC(C)C. The van der Waals surface area contributed by atoms with Crippen molar-refractivity contribution in [3.8, 4) is 0 Å². The maximum atomic E-state index is 12.9. The van der Waals surface area contributed by atoms with Crippen molar-refractivity contribution in [2.24, 2.45) is 11.7 Å². The Kier molecular flexibility index (Phi) is 11.9. The summed E-state index contributed by atoms with van der Waals surface area (Å²) in [6.45, 7) is 7.19. The van der Waals surface area contributed by atoms with Gasteiger partial charge >= 0.3 is 0 Å². The van der Waals surface area contributed by atoms with E-state index in [0.717, 1.165) is 17.3 Å². The summed E-state index contributed by atoms with van der Waals surface area (Å²) in [5.74, 6) is -0.519. The summed E-state index contributed by atoms with van der Waals surface area (Å²) in [7, 11) is 0. The van der Waals surface area contributed by atoms with Gasteiger partial charge in [0.25, 0.3) is 0 Å². The van der Waals surface area contributed by atoms with Crippen molar-refractivity contribution in [1.29, 1.82) is 0 Å². The highest BCUT2D eigenvalue weighted by Crippen LogP contribution is 2.07. The molecule has 0 heterocycles. The van der Waals surface area contributed by atoms with Gasteiger partial charge in [-0.3, -0.25) is 19.2 Å². The lowest BCUT2D eigenvalue weighted by molar-refractivity contribution is -0.132. The second-order valence-electron chi connectivity index (χ2n) is 7.74. The summed E-state index contributed by atoms with van der Waals surface area (Å²) in [5, 5.41) is 7.69. The van der Waals surface area contributed by atoms with Crippen LogP contribution in [-0.2, 0) is 25.6 Å².